The van der Waals surface area contributed by atoms with Crippen molar-refractivity contribution in [2.75, 3.05) is 13.2 Å². The molecule has 0 bridgehead atoms. The van der Waals surface area contributed by atoms with Crippen molar-refractivity contribution in [3.63, 3.8) is 0 Å². The molecule has 1 aromatic rings. The molecular weight excluding hydrogens is 297 g/mol. The molecule has 0 aliphatic carbocycles. The molecule has 0 aliphatic rings. The van der Waals surface area contributed by atoms with Gasteiger partial charge in [0.1, 0.15) is 17.6 Å². The van der Waals surface area contributed by atoms with Crippen LogP contribution in [-0.4, -0.2) is 28.9 Å². The molecule has 4 nitrogen and oxygen atoms in total. The third-order valence-corrected chi connectivity index (χ3v) is 2.65. The molecule has 1 aromatic heterocycles. The molecule has 0 spiro atoms. The van der Waals surface area contributed by atoms with Crippen molar-refractivity contribution < 1.29 is 17.9 Å². The van der Waals surface area contributed by atoms with E-state index in [9.17, 15) is 18.0 Å². The molecule has 114 valence electrons. The van der Waals surface area contributed by atoms with Crippen LogP contribution in [0.4, 0.5) is 13.2 Å². The monoisotopic (exact) mass is 312 g/mol. The standard InChI is InChI=1S/C12H16ClF3N2O2/c1-8(2)11-17-9(13)6-10(19)18(11)4-3-5-20-7-12(14,15)16/h6,8H,3-5,7H2,1-2H3. The maximum absolute atomic E-state index is 11.9. The van der Waals surface area contributed by atoms with Gasteiger partial charge in [0, 0.05) is 25.1 Å². The van der Waals surface area contributed by atoms with Crippen LogP contribution < -0.4 is 5.56 Å². The van der Waals surface area contributed by atoms with Crippen LogP contribution in [-0.2, 0) is 11.3 Å². The van der Waals surface area contributed by atoms with Crippen LogP contribution in [0.25, 0.3) is 0 Å². The van der Waals surface area contributed by atoms with Crippen LogP contribution in [0.1, 0.15) is 32.0 Å². The number of hydrogen-bond acceptors (Lipinski definition) is 3. The first kappa shape index (κ1) is 17.0. The van der Waals surface area contributed by atoms with Crippen LogP contribution in [0, 0.1) is 0 Å². The minimum absolute atomic E-state index is 0.0162. The van der Waals surface area contributed by atoms with Gasteiger partial charge in [-0.05, 0) is 6.42 Å². The van der Waals surface area contributed by atoms with Crippen molar-refractivity contribution in [2.45, 2.75) is 38.9 Å². The molecule has 0 saturated heterocycles. The lowest BCUT2D eigenvalue weighted by molar-refractivity contribution is -0.174. The fourth-order valence-corrected chi connectivity index (χ4v) is 1.85. The van der Waals surface area contributed by atoms with Crippen molar-refractivity contribution in [3.05, 3.63) is 27.4 Å². The summed E-state index contributed by atoms with van der Waals surface area (Å²) in [6.45, 7) is 2.60. The number of nitrogens with zero attached hydrogens (tertiary/aromatic N) is 2. The maximum atomic E-state index is 11.9. The maximum Gasteiger partial charge on any atom is 0.411 e. The number of alkyl halides is 3. The van der Waals surface area contributed by atoms with Crippen molar-refractivity contribution in [3.8, 4) is 0 Å². The molecule has 8 heteroatoms. The van der Waals surface area contributed by atoms with Crippen LogP contribution in [0.15, 0.2) is 10.9 Å². The lowest BCUT2D eigenvalue weighted by atomic mass is 10.2. The highest BCUT2D eigenvalue weighted by Crippen LogP contribution is 2.15. The SMILES string of the molecule is CC(C)c1nc(Cl)cc(=O)n1CCCOCC(F)(F)F. The van der Waals surface area contributed by atoms with Crippen LogP contribution in [0.5, 0.6) is 0 Å². The normalized spacial score (nSPS) is 12.2. The molecule has 0 aromatic carbocycles. The lowest BCUT2D eigenvalue weighted by Gasteiger charge is -2.14. The van der Waals surface area contributed by atoms with Crippen molar-refractivity contribution in [1.82, 2.24) is 9.55 Å². The first-order valence-corrected chi connectivity index (χ1v) is 6.50. The minimum Gasteiger partial charge on any atom is -0.372 e. The van der Waals surface area contributed by atoms with Gasteiger partial charge in [0.05, 0.1) is 0 Å². The quantitative estimate of drug-likeness (QED) is 0.599. The van der Waals surface area contributed by atoms with Gasteiger partial charge in [-0.25, -0.2) is 4.98 Å². The minimum atomic E-state index is -4.33. The van der Waals surface area contributed by atoms with Gasteiger partial charge in [-0.1, -0.05) is 25.4 Å². The predicted octanol–water partition coefficient (Wildman–Crippen LogP) is 2.99. The van der Waals surface area contributed by atoms with Gasteiger partial charge in [0.15, 0.2) is 0 Å². The molecule has 0 saturated carbocycles. The third-order valence-electron chi connectivity index (χ3n) is 2.46. The number of halogens is 4. The van der Waals surface area contributed by atoms with Gasteiger partial charge in [-0.3, -0.25) is 9.36 Å². The van der Waals surface area contributed by atoms with Crippen LogP contribution in [0.2, 0.25) is 5.15 Å². The fourth-order valence-electron chi connectivity index (χ4n) is 1.67. The summed E-state index contributed by atoms with van der Waals surface area (Å²) in [7, 11) is 0. The largest absolute Gasteiger partial charge is 0.411 e. The molecule has 0 unspecified atom stereocenters. The first-order valence-electron chi connectivity index (χ1n) is 6.12. The average Bonchev–Trinajstić information content (AvgIpc) is 2.28. The van der Waals surface area contributed by atoms with E-state index < -0.39 is 12.8 Å². The topological polar surface area (TPSA) is 44.1 Å². The van der Waals surface area contributed by atoms with E-state index in [0.717, 1.165) is 0 Å². The Hall–Kier alpha value is -1.08. The van der Waals surface area contributed by atoms with Crippen molar-refractivity contribution in [2.24, 2.45) is 0 Å². The third kappa shape index (κ3) is 5.50. The van der Waals surface area contributed by atoms with E-state index in [1.165, 1.54) is 10.6 Å². The van der Waals surface area contributed by atoms with E-state index in [2.05, 4.69) is 9.72 Å². The zero-order chi connectivity index (χ0) is 15.3. The summed E-state index contributed by atoms with van der Waals surface area (Å²) in [5.41, 5.74) is -0.315. The Labute approximate surface area is 119 Å². The zero-order valence-corrected chi connectivity index (χ0v) is 12.0. The number of aromatic nitrogens is 2. The van der Waals surface area contributed by atoms with Gasteiger partial charge in [0.25, 0.3) is 5.56 Å². The Bertz CT molecular complexity index is 500. The van der Waals surface area contributed by atoms with E-state index in [4.69, 9.17) is 11.6 Å². The van der Waals surface area contributed by atoms with Crippen molar-refractivity contribution >= 4 is 11.6 Å². The highest BCUT2D eigenvalue weighted by Gasteiger charge is 2.27. The Morgan fingerprint density at radius 2 is 2.10 bits per heavy atom. The molecule has 0 atom stereocenters. The Morgan fingerprint density at radius 1 is 1.45 bits per heavy atom. The van der Waals surface area contributed by atoms with Gasteiger partial charge in [-0.2, -0.15) is 13.2 Å². The van der Waals surface area contributed by atoms with Crippen LogP contribution >= 0.6 is 11.6 Å². The van der Waals surface area contributed by atoms with Crippen LogP contribution in [0.3, 0.4) is 0 Å². The second-order valence-corrected chi connectivity index (χ2v) is 4.99. The van der Waals surface area contributed by atoms with Gasteiger partial charge in [-0.15, -0.1) is 0 Å². The second-order valence-electron chi connectivity index (χ2n) is 4.60. The molecule has 0 N–H and O–H groups in total. The van der Waals surface area contributed by atoms with E-state index in [0.29, 0.717) is 12.2 Å². The summed E-state index contributed by atoms with van der Waals surface area (Å²) < 4.78 is 41.5. The highest BCUT2D eigenvalue weighted by molar-refractivity contribution is 6.29. The molecule has 0 fully saturated rings. The van der Waals surface area contributed by atoms with E-state index in [-0.39, 0.29) is 29.8 Å². The average molecular weight is 313 g/mol. The lowest BCUT2D eigenvalue weighted by Crippen LogP contribution is -2.26. The van der Waals surface area contributed by atoms with Crippen molar-refractivity contribution in [1.29, 1.82) is 0 Å². The number of hydrogen-bond donors (Lipinski definition) is 0. The fraction of sp³-hybridized carbons (Fsp3) is 0.667. The molecule has 20 heavy (non-hydrogen) atoms. The van der Waals surface area contributed by atoms with Gasteiger partial charge < -0.3 is 4.74 Å². The molecule has 1 rings (SSSR count). The summed E-state index contributed by atoms with van der Waals surface area (Å²) >= 11 is 5.73. The second kappa shape index (κ2) is 7.08. The number of rotatable bonds is 6. The Morgan fingerprint density at radius 3 is 2.65 bits per heavy atom. The Kier molecular flexibility index (Phi) is 6.01. The molecule has 1 heterocycles. The predicted molar refractivity (Wildman–Crippen MR) is 69.1 cm³/mol. The first-order chi connectivity index (χ1) is 9.20. The summed E-state index contributed by atoms with van der Waals surface area (Å²) in [6.07, 6.45) is -4.04. The van der Waals surface area contributed by atoms with E-state index >= 15 is 0 Å². The summed E-state index contributed by atoms with van der Waals surface area (Å²) in [4.78, 5) is 15.9. The van der Waals surface area contributed by atoms with E-state index in [1.54, 1.807) is 0 Å². The summed E-state index contributed by atoms with van der Waals surface area (Å²) in [5, 5.41) is 0.114. The Balaban J connectivity index is 2.62. The van der Waals surface area contributed by atoms with Gasteiger partial charge in [0.2, 0.25) is 0 Å². The molecule has 0 radical (unpaired) electrons. The molecule has 0 amide bonds. The smallest absolute Gasteiger partial charge is 0.372 e. The summed E-state index contributed by atoms with van der Waals surface area (Å²) in [5.74, 6) is 0.496. The molecule has 0 aliphatic heterocycles. The summed E-state index contributed by atoms with van der Waals surface area (Å²) in [6, 6.07) is 1.18. The van der Waals surface area contributed by atoms with E-state index in [1.807, 2.05) is 13.8 Å². The van der Waals surface area contributed by atoms with Gasteiger partial charge >= 0.3 is 6.18 Å². The zero-order valence-electron chi connectivity index (χ0n) is 11.2. The molecular formula is C12H16ClF3N2O2. The highest BCUT2D eigenvalue weighted by atomic mass is 35.5. The number of ether oxygens (including phenoxy) is 1.